The molecule has 0 amide bonds. The zero-order valence-electron chi connectivity index (χ0n) is 11.5. The third-order valence-corrected chi connectivity index (χ3v) is 4.50. The van der Waals surface area contributed by atoms with E-state index in [1.165, 1.54) is 24.8 Å². The van der Waals surface area contributed by atoms with Crippen molar-refractivity contribution in [3.8, 4) is 5.75 Å². The van der Waals surface area contributed by atoms with Gasteiger partial charge < -0.3 is 10.1 Å². The molecule has 0 radical (unpaired) electrons. The third kappa shape index (κ3) is 2.65. The van der Waals surface area contributed by atoms with Crippen molar-refractivity contribution in [1.82, 2.24) is 5.32 Å². The SMILES string of the molecule is CNCC1(Cc2cc(Cl)c(C)cc2OC)CCC1. The number of rotatable bonds is 5. The Morgan fingerprint density at radius 2 is 2.11 bits per heavy atom. The van der Waals surface area contributed by atoms with Gasteiger partial charge in [-0.05, 0) is 61.9 Å². The molecule has 0 heterocycles. The fourth-order valence-electron chi connectivity index (χ4n) is 2.90. The molecule has 100 valence electrons. The van der Waals surface area contributed by atoms with Crippen molar-refractivity contribution < 1.29 is 4.74 Å². The van der Waals surface area contributed by atoms with Crippen molar-refractivity contribution in [3.05, 3.63) is 28.3 Å². The minimum absolute atomic E-state index is 0.403. The first-order chi connectivity index (χ1) is 8.60. The zero-order chi connectivity index (χ0) is 13.2. The lowest BCUT2D eigenvalue weighted by atomic mass is 9.65. The lowest BCUT2D eigenvalue weighted by Crippen LogP contribution is -2.40. The van der Waals surface area contributed by atoms with Crippen molar-refractivity contribution in [2.45, 2.75) is 32.6 Å². The second-order valence-corrected chi connectivity index (χ2v) is 5.88. The smallest absolute Gasteiger partial charge is 0.122 e. The Morgan fingerprint density at radius 3 is 2.61 bits per heavy atom. The highest BCUT2D eigenvalue weighted by atomic mass is 35.5. The van der Waals surface area contributed by atoms with E-state index in [1.807, 2.05) is 20.0 Å². The molecule has 1 aliphatic rings. The van der Waals surface area contributed by atoms with Crippen LogP contribution in [-0.4, -0.2) is 20.7 Å². The van der Waals surface area contributed by atoms with Crippen LogP contribution < -0.4 is 10.1 Å². The van der Waals surface area contributed by atoms with Crippen LogP contribution in [0.1, 0.15) is 30.4 Å². The fraction of sp³-hybridized carbons (Fsp3) is 0.600. The van der Waals surface area contributed by atoms with Gasteiger partial charge in [0.2, 0.25) is 0 Å². The van der Waals surface area contributed by atoms with E-state index in [0.717, 1.165) is 29.3 Å². The van der Waals surface area contributed by atoms with E-state index in [9.17, 15) is 0 Å². The minimum atomic E-state index is 0.403. The number of aryl methyl sites for hydroxylation is 1. The van der Waals surface area contributed by atoms with Gasteiger partial charge >= 0.3 is 0 Å². The van der Waals surface area contributed by atoms with Crippen molar-refractivity contribution >= 4 is 11.6 Å². The maximum atomic E-state index is 6.24. The molecule has 0 bridgehead atoms. The summed E-state index contributed by atoms with van der Waals surface area (Å²) in [6, 6.07) is 4.12. The van der Waals surface area contributed by atoms with Crippen LogP contribution in [0.15, 0.2) is 12.1 Å². The van der Waals surface area contributed by atoms with Crippen LogP contribution in [0.3, 0.4) is 0 Å². The van der Waals surface area contributed by atoms with Crippen LogP contribution in [0.5, 0.6) is 5.75 Å². The summed E-state index contributed by atoms with van der Waals surface area (Å²) < 4.78 is 5.49. The van der Waals surface area contributed by atoms with Gasteiger partial charge in [0.25, 0.3) is 0 Å². The first-order valence-electron chi connectivity index (χ1n) is 6.58. The fourth-order valence-corrected chi connectivity index (χ4v) is 3.08. The van der Waals surface area contributed by atoms with Crippen molar-refractivity contribution in [2.75, 3.05) is 20.7 Å². The predicted octanol–water partition coefficient (Wildman–Crippen LogP) is 3.59. The Bertz CT molecular complexity index is 427. The van der Waals surface area contributed by atoms with Gasteiger partial charge in [-0.3, -0.25) is 0 Å². The van der Waals surface area contributed by atoms with E-state index in [1.54, 1.807) is 7.11 Å². The van der Waals surface area contributed by atoms with E-state index in [0.29, 0.717) is 5.41 Å². The highest BCUT2D eigenvalue weighted by Crippen LogP contribution is 2.45. The number of methoxy groups -OCH3 is 1. The molecule has 1 N–H and O–H groups in total. The normalized spacial score (nSPS) is 17.3. The Balaban J connectivity index is 2.24. The average Bonchev–Trinajstić information content (AvgIpc) is 2.30. The summed E-state index contributed by atoms with van der Waals surface area (Å²) in [5, 5.41) is 4.16. The summed E-state index contributed by atoms with van der Waals surface area (Å²) in [5.74, 6) is 0.972. The van der Waals surface area contributed by atoms with Crippen LogP contribution in [0, 0.1) is 12.3 Å². The maximum absolute atomic E-state index is 6.24. The molecule has 0 aromatic heterocycles. The molecule has 0 atom stereocenters. The Labute approximate surface area is 115 Å². The topological polar surface area (TPSA) is 21.3 Å². The zero-order valence-corrected chi connectivity index (χ0v) is 12.2. The summed E-state index contributed by atoms with van der Waals surface area (Å²) in [5.41, 5.74) is 2.72. The van der Waals surface area contributed by atoms with Gasteiger partial charge in [-0.1, -0.05) is 18.0 Å². The molecule has 1 aromatic carbocycles. The average molecular weight is 268 g/mol. The monoisotopic (exact) mass is 267 g/mol. The molecule has 1 saturated carbocycles. The molecule has 0 aliphatic heterocycles. The molecule has 1 fully saturated rings. The van der Waals surface area contributed by atoms with E-state index in [2.05, 4.69) is 11.4 Å². The summed E-state index contributed by atoms with van der Waals surface area (Å²) in [6.07, 6.45) is 4.98. The summed E-state index contributed by atoms with van der Waals surface area (Å²) in [6.45, 7) is 3.09. The van der Waals surface area contributed by atoms with Crippen LogP contribution in [0.2, 0.25) is 5.02 Å². The molecule has 3 heteroatoms. The van der Waals surface area contributed by atoms with Crippen molar-refractivity contribution in [3.63, 3.8) is 0 Å². The standard InChI is InChI=1S/C15H22ClNO/c1-11-7-14(18-3)12(8-13(11)16)9-15(10-17-2)5-4-6-15/h7-8,17H,4-6,9-10H2,1-3H3. The molecule has 0 spiro atoms. The van der Waals surface area contributed by atoms with Gasteiger partial charge in [0.05, 0.1) is 7.11 Å². The lowest BCUT2D eigenvalue weighted by Gasteiger charge is -2.42. The molecular formula is C15H22ClNO. The van der Waals surface area contributed by atoms with E-state index >= 15 is 0 Å². The van der Waals surface area contributed by atoms with Crippen LogP contribution in [0.25, 0.3) is 0 Å². The van der Waals surface area contributed by atoms with Crippen LogP contribution >= 0.6 is 11.6 Å². The number of benzene rings is 1. The number of halogens is 1. The highest BCUT2D eigenvalue weighted by molar-refractivity contribution is 6.31. The van der Waals surface area contributed by atoms with E-state index < -0.39 is 0 Å². The molecule has 1 aromatic rings. The first kappa shape index (κ1) is 13.7. The summed E-state index contributed by atoms with van der Waals surface area (Å²) in [4.78, 5) is 0. The summed E-state index contributed by atoms with van der Waals surface area (Å²) >= 11 is 6.24. The van der Waals surface area contributed by atoms with Crippen molar-refractivity contribution in [1.29, 1.82) is 0 Å². The lowest BCUT2D eigenvalue weighted by molar-refractivity contribution is 0.132. The first-order valence-corrected chi connectivity index (χ1v) is 6.96. The summed E-state index contributed by atoms with van der Waals surface area (Å²) in [7, 11) is 3.76. The van der Waals surface area contributed by atoms with Gasteiger partial charge in [-0.15, -0.1) is 0 Å². The quantitative estimate of drug-likeness (QED) is 0.880. The van der Waals surface area contributed by atoms with Gasteiger partial charge in [0.1, 0.15) is 5.75 Å². The Morgan fingerprint density at radius 1 is 1.39 bits per heavy atom. The number of hydrogen-bond donors (Lipinski definition) is 1. The van der Waals surface area contributed by atoms with E-state index in [-0.39, 0.29) is 0 Å². The van der Waals surface area contributed by atoms with Crippen molar-refractivity contribution in [2.24, 2.45) is 5.41 Å². The number of ether oxygens (including phenoxy) is 1. The molecule has 1 aliphatic carbocycles. The highest BCUT2D eigenvalue weighted by Gasteiger charge is 2.37. The largest absolute Gasteiger partial charge is 0.496 e. The van der Waals surface area contributed by atoms with Gasteiger partial charge in [-0.2, -0.15) is 0 Å². The minimum Gasteiger partial charge on any atom is -0.496 e. The molecule has 2 nitrogen and oxygen atoms in total. The predicted molar refractivity (Wildman–Crippen MR) is 76.7 cm³/mol. The molecule has 18 heavy (non-hydrogen) atoms. The number of nitrogens with one attached hydrogen (secondary N) is 1. The molecule has 0 saturated heterocycles. The van der Waals surface area contributed by atoms with Crippen LogP contribution in [-0.2, 0) is 6.42 Å². The van der Waals surface area contributed by atoms with Crippen LogP contribution in [0.4, 0.5) is 0 Å². The van der Waals surface area contributed by atoms with Gasteiger partial charge in [-0.25, -0.2) is 0 Å². The Hall–Kier alpha value is -0.730. The maximum Gasteiger partial charge on any atom is 0.122 e. The molecule has 0 unspecified atom stereocenters. The Kier molecular flexibility index (Phi) is 4.18. The molecule has 2 rings (SSSR count). The number of hydrogen-bond acceptors (Lipinski definition) is 2. The second kappa shape index (κ2) is 5.50. The van der Waals surface area contributed by atoms with Gasteiger partial charge in [0.15, 0.2) is 0 Å². The third-order valence-electron chi connectivity index (χ3n) is 4.09. The van der Waals surface area contributed by atoms with Gasteiger partial charge in [0, 0.05) is 11.6 Å². The second-order valence-electron chi connectivity index (χ2n) is 5.47. The van der Waals surface area contributed by atoms with E-state index in [4.69, 9.17) is 16.3 Å². The molecular weight excluding hydrogens is 246 g/mol.